The van der Waals surface area contributed by atoms with Crippen molar-refractivity contribution in [3.05, 3.63) is 83.7 Å². The molecule has 3 aromatic rings. The molecule has 3 N–H and O–H groups in total. The Bertz CT molecular complexity index is 1280. The van der Waals surface area contributed by atoms with E-state index in [1.807, 2.05) is 35.9 Å². The molecule has 1 aliphatic heterocycles. The van der Waals surface area contributed by atoms with Crippen LogP contribution in [0.4, 0.5) is 26.2 Å². The Balaban J connectivity index is 1.34. The van der Waals surface area contributed by atoms with Crippen LogP contribution in [0.3, 0.4) is 0 Å². The van der Waals surface area contributed by atoms with Gasteiger partial charge in [-0.25, -0.2) is 22.3 Å². The maximum absolute atomic E-state index is 13.8. The third-order valence-electron chi connectivity index (χ3n) is 5.71. The van der Waals surface area contributed by atoms with Gasteiger partial charge in [0.15, 0.2) is 0 Å². The number of rotatable bonds is 7. The van der Waals surface area contributed by atoms with Crippen molar-refractivity contribution in [3.63, 3.8) is 0 Å². The minimum atomic E-state index is -3.92. The Morgan fingerprint density at radius 3 is 2.44 bits per heavy atom. The lowest BCUT2D eigenvalue weighted by Crippen LogP contribution is -2.40. The number of carbonyl (C=O) groups is 1. The van der Waals surface area contributed by atoms with Crippen LogP contribution in [0.5, 0.6) is 0 Å². The van der Waals surface area contributed by atoms with Crippen molar-refractivity contribution < 1.29 is 17.6 Å². The number of benzene rings is 3. The molecule has 0 aliphatic carbocycles. The lowest BCUT2D eigenvalue weighted by molar-refractivity contribution is 0.246. The number of halogens is 1. The van der Waals surface area contributed by atoms with Crippen molar-refractivity contribution in [3.8, 4) is 0 Å². The molecule has 0 fully saturated rings. The van der Waals surface area contributed by atoms with Crippen molar-refractivity contribution in [1.82, 2.24) is 10.0 Å². The van der Waals surface area contributed by atoms with Crippen LogP contribution in [0.2, 0.25) is 0 Å². The maximum atomic E-state index is 13.8. The van der Waals surface area contributed by atoms with E-state index in [0.29, 0.717) is 6.42 Å². The number of fused-ring (bicyclic) bond motifs is 1. The molecular weight excluding hydrogens is 455 g/mol. The molecule has 0 saturated heterocycles. The van der Waals surface area contributed by atoms with Gasteiger partial charge in [0.2, 0.25) is 0 Å². The monoisotopic (exact) mass is 482 g/mol. The summed E-state index contributed by atoms with van der Waals surface area (Å²) in [4.78, 5) is 14.2. The molecule has 3 aromatic carbocycles. The maximum Gasteiger partial charge on any atom is 0.328 e. The average Bonchev–Trinajstić information content (AvgIpc) is 3.17. The Morgan fingerprint density at radius 1 is 1.06 bits per heavy atom. The van der Waals surface area contributed by atoms with E-state index in [4.69, 9.17) is 0 Å². The number of nitrogens with one attached hydrogen (secondary N) is 3. The van der Waals surface area contributed by atoms with Gasteiger partial charge < -0.3 is 15.5 Å². The van der Waals surface area contributed by atoms with E-state index < -0.39 is 16.1 Å². The van der Waals surface area contributed by atoms with E-state index in [9.17, 15) is 17.6 Å². The number of amides is 2. The third kappa shape index (κ3) is 5.14. The standard InChI is InChI=1S/C25H27FN4O3S/c1-3-24-28-22-13-8-19(26)16-23(22)30(24)20-9-6-18(7-10-20)14-15-27-25(31)29-34(32,33)21-11-4-17(2)5-12-21/h4-13,16,24,28H,3,14-15H2,1-2H3,(H2,27,29,31). The smallest absolute Gasteiger partial charge is 0.328 e. The highest BCUT2D eigenvalue weighted by molar-refractivity contribution is 7.90. The van der Waals surface area contributed by atoms with Gasteiger partial charge in [-0.1, -0.05) is 36.8 Å². The van der Waals surface area contributed by atoms with E-state index in [0.717, 1.165) is 34.6 Å². The van der Waals surface area contributed by atoms with E-state index >= 15 is 0 Å². The molecular formula is C25H27FN4O3S. The molecule has 1 unspecified atom stereocenters. The summed E-state index contributed by atoms with van der Waals surface area (Å²) in [5.74, 6) is -0.285. The zero-order valence-corrected chi connectivity index (χ0v) is 19.8. The van der Waals surface area contributed by atoms with Crippen LogP contribution in [0.25, 0.3) is 0 Å². The highest BCUT2D eigenvalue weighted by Gasteiger charge is 2.29. The van der Waals surface area contributed by atoms with E-state index in [1.54, 1.807) is 18.2 Å². The fraction of sp³-hybridized carbons (Fsp3) is 0.240. The van der Waals surface area contributed by atoms with Gasteiger partial charge in [0.1, 0.15) is 12.0 Å². The van der Waals surface area contributed by atoms with Gasteiger partial charge in [-0.15, -0.1) is 0 Å². The highest BCUT2D eigenvalue weighted by Crippen LogP contribution is 2.41. The van der Waals surface area contributed by atoms with Gasteiger partial charge in [0.05, 0.1) is 16.3 Å². The molecule has 9 heteroatoms. The highest BCUT2D eigenvalue weighted by atomic mass is 32.2. The Hall–Kier alpha value is -3.59. The molecule has 0 bridgehead atoms. The summed E-state index contributed by atoms with van der Waals surface area (Å²) in [5, 5.41) is 5.99. The summed E-state index contributed by atoms with van der Waals surface area (Å²) in [7, 11) is -3.92. The molecule has 1 heterocycles. The normalized spacial score (nSPS) is 14.9. The van der Waals surface area contributed by atoms with Crippen LogP contribution >= 0.6 is 0 Å². The number of urea groups is 1. The SMILES string of the molecule is CCC1Nc2ccc(F)cc2N1c1ccc(CCNC(=O)NS(=O)(=O)c2ccc(C)cc2)cc1. The first-order chi connectivity index (χ1) is 16.3. The number of hydrogen-bond acceptors (Lipinski definition) is 5. The Labute approximate surface area is 199 Å². The van der Waals surface area contributed by atoms with Crippen LogP contribution in [0.15, 0.2) is 71.6 Å². The van der Waals surface area contributed by atoms with Gasteiger partial charge in [-0.05, 0) is 67.8 Å². The molecule has 4 rings (SSSR count). The summed E-state index contributed by atoms with van der Waals surface area (Å²) in [6.07, 6.45) is 1.39. The molecule has 7 nitrogen and oxygen atoms in total. The lowest BCUT2D eigenvalue weighted by Gasteiger charge is -2.26. The first-order valence-electron chi connectivity index (χ1n) is 11.1. The van der Waals surface area contributed by atoms with Gasteiger partial charge in [-0.2, -0.15) is 0 Å². The first-order valence-corrected chi connectivity index (χ1v) is 12.6. The van der Waals surface area contributed by atoms with Crippen LogP contribution in [0, 0.1) is 12.7 Å². The van der Waals surface area contributed by atoms with Crippen LogP contribution in [-0.2, 0) is 16.4 Å². The minimum absolute atomic E-state index is 0.0310. The van der Waals surface area contributed by atoms with Gasteiger partial charge in [-0.3, -0.25) is 0 Å². The van der Waals surface area contributed by atoms with Gasteiger partial charge in [0.25, 0.3) is 10.0 Å². The summed E-state index contributed by atoms with van der Waals surface area (Å²) < 4.78 is 40.5. The first kappa shape index (κ1) is 23.6. The van der Waals surface area contributed by atoms with Crippen molar-refractivity contribution in [1.29, 1.82) is 0 Å². The zero-order valence-electron chi connectivity index (χ0n) is 19.0. The largest absolute Gasteiger partial charge is 0.363 e. The number of sulfonamides is 1. The molecule has 1 atom stereocenters. The predicted molar refractivity (Wildman–Crippen MR) is 131 cm³/mol. The van der Waals surface area contributed by atoms with Crippen molar-refractivity contribution in [2.75, 3.05) is 16.8 Å². The minimum Gasteiger partial charge on any atom is -0.363 e. The van der Waals surface area contributed by atoms with Crippen LogP contribution in [-0.4, -0.2) is 27.2 Å². The van der Waals surface area contributed by atoms with Crippen molar-refractivity contribution >= 4 is 33.1 Å². The molecule has 2 amide bonds. The molecule has 0 saturated carbocycles. The second kappa shape index (κ2) is 9.72. The molecule has 0 aromatic heterocycles. The topological polar surface area (TPSA) is 90.5 Å². The number of anilines is 3. The summed E-state index contributed by atoms with van der Waals surface area (Å²) in [6.45, 7) is 4.19. The van der Waals surface area contributed by atoms with Gasteiger partial charge >= 0.3 is 6.03 Å². The number of carbonyl (C=O) groups excluding carboxylic acids is 1. The second-order valence-electron chi connectivity index (χ2n) is 8.19. The lowest BCUT2D eigenvalue weighted by atomic mass is 10.1. The molecule has 178 valence electrons. The molecule has 0 radical (unpaired) electrons. The van der Waals surface area contributed by atoms with E-state index in [1.165, 1.54) is 24.3 Å². The van der Waals surface area contributed by atoms with E-state index in [2.05, 4.69) is 22.5 Å². The summed E-state index contributed by atoms with van der Waals surface area (Å²) >= 11 is 0. The van der Waals surface area contributed by atoms with Crippen LogP contribution < -0.4 is 20.3 Å². The van der Waals surface area contributed by atoms with Crippen LogP contribution in [0.1, 0.15) is 24.5 Å². The quantitative estimate of drug-likeness (QED) is 0.456. The Morgan fingerprint density at radius 2 is 1.76 bits per heavy atom. The molecule has 1 aliphatic rings. The third-order valence-corrected chi connectivity index (χ3v) is 7.06. The number of hydrogen-bond donors (Lipinski definition) is 3. The summed E-state index contributed by atoms with van der Waals surface area (Å²) in [6, 6.07) is 18.0. The van der Waals surface area contributed by atoms with Crippen molar-refractivity contribution in [2.24, 2.45) is 0 Å². The molecule has 0 spiro atoms. The number of aryl methyl sites for hydroxylation is 1. The second-order valence-corrected chi connectivity index (χ2v) is 9.87. The number of nitrogens with zero attached hydrogens (tertiary/aromatic N) is 1. The average molecular weight is 483 g/mol. The van der Waals surface area contributed by atoms with Crippen molar-refractivity contribution in [2.45, 2.75) is 37.8 Å². The van der Waals surface area contributed by atoms with Gasteiger partial charge in [0, 0.05) is 12.2 Å². The molecule has 34 heavy (non-hydrogen) atoms. The Kier molecular flexibility index (Phi) is 6.74. The predicted octanol–water partition coefficient (Wildman–Crippen LogP) is 4.66. The fourth-order valence-corrected chi connectivity index (χ4v) is 4.85. The fourth-order valence-electron chi connectivity index (χ4n) is 3.92. The van der Waals surface area contributed by atoms with E-state index in [-0.39, 0.29) is 23.4 Å². The zero-order chi connectivity index (χ0) is 24.3. The summed E-state index contributed by atoms with van der Waals surface area (Å²) in [5.41, 5.74) is 4.53.